The van der Waals surface area contributed by atoms with Gasteiger partial charge in [-0.2, -0.15) is 0 Å². The summed E-state index contributed by atoms with van der Waals surface area (Å²) in [6, 6.07) is 9.08. The Balaban J connectivity index is 1.91. The fourth-order valence-electron chi connectivity index (χ4n) is 2.19. The third kappa shape index (κ3) is 2.71. The van der Waals surface area contributed by atoms with Crippen LogP contribution in [0.5, 0.6) is 0 Å². The fourth-order valence-corrected chi connectivity index (χ4v) is 2.19. The normalized spacial score (nSPS) is 13.3. The number of hydrogen-bond acceptors (Lipinski definition) is 4. The Morgan fingerprint density at radius 2 is 1.74 bits per heavy atom. The number of fused-ring (bicyclic) bond motifs is 1. The molecule has 7 heteroatoms. The SMILES string of the molecule is O=C1NC(=O)c2ccc(NC(=O)c3cccc(F)c3)cc2C1=O. The summed E-state index contributed by atoms with van der Waals surface area (Å²) in [5.41, 5.74) is 0.283. The third-order valence-electron chi connectivity index (χ3n) is 3.29. The van der Waals surface area contributed by atoms with Crippen LogP contribution in [-0.4, -0.2) is 23.5 Å². The van der Waals surface area contributed by atoms with E-state index in [1.54, 1.807) is 0 Å². The van der Waals surface area contributed by atoms with Gasteiger partial charge in [0.05, 0.1) is 5.56 Å². The average molecular weight is 312 g/mol. The van der Waals surface area contributed by atoms with Crippen LogP contribution in [0.15, 0.2) is 42.5 Å². The van der Waals surface area contributed by atoms with E-state index in [9.17, 15) is 23.6 Å². The Kier molecular flexibility index (Phi) is 3.46. The van der Waals surface area contributed by atoms with Crippen molar-refractivity contribution in [3.63, 3.8) is 0 Å². The Labute approximate surface area is 129 Å². The van der Waals surface area contributed by atoms with Crippen molar-refractivity contribution in [2.75, 3.05) is 5.32 Å². The molecule has 0 spiro atoms. The summed E-state index contributed by atoms with van der Waals surface area (Å²) in [5.74, 6) is -3.69. The smallest absolute Gasteiger partial charge is 0.299 e. The maximum Gasteiger partial charge on any atom is 0.299 e. The van der Waals surface area contributed by atoms with Crippen LogP contribution in [0, 0.1) is 5.82 Å². The lowest BCUT2D eigenvalue weighted by molar-refractivity contribution is -0.116. The van der Waals surface area contributed by atoms with E-state index in [0.29, 0.717) is 0 Å². The number of rotatable bonds is 2. The Bertz CT molecular complexity index is 876. The molecule has 1 aliphatic heterocycles. The van der Waals surface area contributed by atoms with Crippen LogP contribution in [0.3, 0.4) is 0 Å². The maximum atomic E-state index is 13.1. The summed E-state index contributed by atoms with van der Waals surface area (Å²) in [7, 11) is 0. The van der Waals surface area contributed by atoms with E-state index < -0.39 is 29.3 Å². The molecule has 0 radical (unpaired) electrons. The number of carbonyl (C=O) groups is 4. The minimum atomic E-state index is -1.02. The molecular formula is C16H9FN2O4. The first-order valence-electron chi connectivity index (χ1n) is 6.56. The second-order valence-electron chi connectivity index (χ2n) is 4.84. The van der Waals surface area contributed by atoms with E-state index in [2.05, 4.69) is 5.32 Å². The zero-order valence-corrected chi connectivity index (χ0v) is 11.6. The molecule has 2 aromatic rings. The number of amides is 3. The van der Waals surface area contributed by atoms with E-state index in [1.165, 1.54) is 36.4 Å². The number of imide groups is 1. The van der Waals surface area contributed by atoms with Crippen LogP contribution in [0.25, 0.3) is 0 Å². The maximum absolute atomic E-state index is 13.1. The number of nitrogens with one attached hydrogen (secondary N) is 2. The summed E-state index contributed by atoms with van der Waals surface area (Å²) in [6.07, 6.45) is 0. The number of benzene rings is 2. The van der Waals surface area contributed by atoms with Gasteiger partial charge in [-0.25, -0.2) is 4.39 Å². The van der Waals surface area contributed by atoms with Gasteiger partial charge in [-0.05, 0) is 36.4 Å². The molecule has 0 saturated carbocycles. The average Bonchev–Trinajstić information content (AvgIpc) is 2.52. The molecule has 0 aromatic heterocycles. The topological polar surface area (TPSA) is 92.3 Å². The largest absolute Gasteiger partial charge is 0.322 e. The van der Waals surface area contributed by atoms with Crippen molar-refractivity contribution in [3.8, 4) is 0 Å². The Morgan fingerprint density at radius 3 is 2.48 bits per heavy atom. The molecule has 0 aliphatic carbocycles. The second-order valence-corrected chi connectivity index (χ2v) is 4.84. The third-order valence-corrected chi connectivity index (χ3v) is 3.29. The zero-order chi connectivity index (χ0) is 16.6. The molecule has 1 aliphatic rings. The minimum Gasteiger partial charge on any atom is -0.322 e. The molecule has 114 valence electrons. The fraction of sp³-hybridized carbons (Fsp3) is 0. The Hall–Kier alpha value is -3.35. The van der Waals surface area contributed by atoms with E-state index in [1.807, 2.05) is 5.32 Å². The standard InChI is InChI=1S/C16H9FN2O4/c17-9-3-1-2-8(6-9)14(21)18-10-4-5-11-12(7-10)13(20)16(23)19-15(11)22/h1-7H,(H,18,21)(H,19,22,23). The number of hydrogen-bond donors (Lipinski definition) is 2. The van der Waals surface area contributed by atoms with Crippen molar-refractivity contribution in [1.29, 1.82) is 0 Å². The first-order valence-corrected chi connectivity index (χ1v) is 6.56. The molecule has 1 heterocycles. The number of ketones is 1. The highest BCUT2D eigenvalue weighted by molar-refractivity contribution is 6.49. The van der Waals surface area contributed by atoms with Crippen LogP contribution in [0.4, 0.5) is 10.1 Å². The van der Waals surface area contributed by atoms with E-state index in [0.717, 1.165) is 6.07 Å². The lowest BCUT2D eigenvalue weighted by atomic mass is 9.98. The molecule has 2 N–H and O–H groups in total. The molecule has 0 unspecified atom stereocenters. The van der Waals surface area contributed by atoms with Crippen LogP contribution in [0.2, 0.25) is 0 Å². The highest BCUT2D eigenvalue weighted by atomic mass is 19.1. The summed E-state index contributed by atoms with van der Waals surface area (Å²) in [5, 5.41) is 4.41. The predicted octanol–water partition coefficient (Wildman–Crippen LogP) is 1.53. The highest BCUT2D eigenvalue weighted by Gasteiger charge is 2.30. The lowest BCUT2D eigenvalue weighted by Gasteiger charge is -2.15. The van der Waals surface area contributed by atoms with Crippen molar-refractivity contribution in [3.05, 3.63) is 65.0 Å². The van der Waals surface area contributed by atoms with Crippen molar-refractivity contribution >= 4 is 29.2 Å². The van der Waals surface area contributed by atoms with Gasteiger partial charge in [0.25, 0.3) is 23.5 Å². The molecule has 0 fully saturated rings. The van der Waals surface area contributed by atoms with Gasteiger partial charge in [-0.3, -0.25) is 24.5 Å². The summed E-state index contributed by atoms with van der Waals surface area (Å²) in [4.78, 5) is 46.8. The van der Waals surface area contributed by atoms with Gasteiger partial charge >= 0.3 is 0 Å². The molecule has 2 aromatic carbocycles. The molecule has 6 nitrogen and oxygen atoms in total. The van der Waals surface area contributed by atoms with Crippen molar-refractivity contribution in [2.45, 2.75) is 0 Å². The highest BCUT2D eigenvalue weighted by Crippen LogP contribution is 2.20. The summed E-state index contributed by atoms with van der Waals surface area (Å²) in [6.45, 7) is 0. The van der Waals surface area contributed by atoms with Gasteiger partial charge in [-0.15, -0.1) is 0 Å². The van der Waals surface area contributed by atoms with Gasteiger partial charge in [-0.1, -0.05) is 6.07 Å². The van der Waals surface area contributed by atoms with E-state index in [-0.39, 0.29) is 22.4 Å². The first-order chi connectivity index (χ1) is 11.0. The number of anilines is 1. The van der Waals surface area contributed by atoms with E-state index in [4.69, 9.17) is 0 Å². The Morgan fingerprint density at radius 1 is 0.957 bits per heavy atom. The van der Waals surface area contributed by atoms with Crippen molar-refractivity contribution in [1.82, 2.24) is 5.32 Å². The molecule has 0 saturated heterocycles. The first kappa shape index (κ1) is 14.6. The molecule has 23 heavy (non-hydrogen) atoms. The summed E-state index contributed by atoms with van der Waals surface area (Å²) >= 11 is 0. The van der Waals surface area contributed by atoms with E-state index >= 15 is 0 Å². The zero-order valence-electron chi connectivity index (χ0n) is 11.6. The van der Waals surface area contributed by atoms with Crippen LogP contribution in [-0.2, 0) is 4.79 Å². The quantitative estimate of drug-likeness (QED) is 0.650. The van der Waals surface area contributed by atoms with Crippen molar-refractivity contribution < 1.29 is 23.6 Å². The number of halogens is 1. The van der Waals surface area contributed by atoms with Crippen LogP contribution in [0.1, 0.15) is 31.1 Å². The molecule has 3 amide bonds. The van der Waals surface area contributed by atoms with Crippen LogP contribution < -0.4 is 10.6 Å². The van der Waals surface area contributed by atoms with Gasteiger partial charge in [0.1, 0.15) is 5.82 Å². The second kappa shape index (κ2) is 5.45. The van der Waals surface area contributed by atoms with Gasteiger partial charge in [0.15, 0.2) is 0 Å². The molecular weight excluding hydrogens is 303 g/mol. The summed E-state index contributed by atoms with van der Waals surface area (Å²) < 4.78 is 13.1. The van der Waals surface area contributed by atoms with Crippen LogP contribution >= 0.6 is 0 Å². The molecule has 0 atom stereocenters. The van der Waals surface area contributed by atoms with Gasteiger partial charge in [0.2, 0.25) is 0 Å². The van der Waals surface area contributed by atoms with Gasteiger partial charge in [0, 0.05) is 16.8 Å². The predicted molar refractivity (Wildman–Crippen MR) is 77.6 cm³/mol. The van der Waals surface area contributed by atoms with Gasteiger partial charge < -0.3 is 5.32 Å². The molecule has 0 bridgehead atoms. The minimum absolute atomic E-state index is 0.0540. The lowest BCUT2D eigenvalue weighted by Crippen LogP contribution is -2.42. The number of Topliss-reactive ketones (excluding diaryl/α,β-unsaturated/α-hetero) is 1. The van der Waals surface area contributed by atoms with Crippen molar-refractivity contribution in [2.24, 2.45) is 0 Å². The molecule has 3 rings (SSSR count). The number of carbonyl (C=O) groups excluding carboxylic acids is 4. The monoisotopic (exact) mass is 312 g/mol.